The smallest absolute Gasteiger partial charge is 0.0613 e. The van der Waals surface area contributed by atoms with Gasteiger partial charge in [0.25, 0.3) is 0 Å². The summed E-state index contributed by atoms with van der Waals surface area (Å²) in [6.45, 7) is 6.46. The van der Waals surface area contributed by atoms with E-state index < -0.39 is 0 Å². The van der Waals surface area contributed by atoms with Gasteiger partial charge in [-0.25, -0.2) is 0 Å². The zero-order valence-electron chi connectivity index (χ0n) is 13.0. The molecule has 0 aromatic carbocycles. The Labute approximate surface area is 118 Å². The number of hydrogen-bond donors (Lipinski definition) is 2. The van der Waals surface area contributed by atoms with Gasteiger partial charge in [0.2, 0.25) is 0 Å². The number of rotatable bonds is 9. The molecule has 4 heteroatoms. The summed E-state index contributed by atoms with van der Waals surface area (Å²) in [4.78, 5) is 2.41. The van der Waals surface area contributed by atoms with Crippen molar-refractivity contribution in [1.82, 2.24) is 10.2 Å². The van der Waals surface area contributed by atoms with E-state index in [9.17, 15) is 5.11 Å². The van der Waals surface area contributed by atoms with E-state index in [2.05, 4.69) is 24.2 Å². The van der Waals surface area contributed by atoms with E-state index >= 15 is 0 Å². The SMILES string of the molecule is CCC(CO)(CCCN(C)CC1CCCOC1)NC. The number of nitrogens with zero attached hydrogens (tertiary/aromatic N) is 1. The molecule has 1 heterocycles. The van der Waals surface area contributed by atoms with Crippen LogP contribution in [0.15, 0.2) is 0 Å². The van der Waals surface area contributed by atoms with Gasteiger partial charge in [0.1, 0.15) is 0 Å². The molecule has 0 saturated carbocycles. The predicted octanol–water partition coefficient (Wildman–Crippen LogP) is 1.49. The molecule has 1 fully saturated rings. The summed E-state index contributed by atoms with van der Waals surface area (Å²) in [5.74, 6) is 0.705. The van der Waals surface area contributed by atoms with E-state index in [1.165, 1.54) is 12.8 Å². The Morgan fingerprint density at radius 2 is 2.26 bits per heavy atom. The maximum absolute atomic E-state index is 9.51. The van der Waals surface area contributed by atoms with E-state index in [4.69, 9.17) is 4.74 Å². The molecule has 114 valence electrons. The minimum atomic E-state index is -0.0885. The minimum absolute atomic E-state index is 0.0885. The maximum Gasteiger partial charge on any atom is 0.0613 e. The lowest BCUT2D eigenvalue weighted by Gasteiger charge is -2.32. The van der Waals surface area contributed by atoms with Gasteiger partial charge in [0.15, 0.2) is 0 Å². The van der Waals surface area contributed by atoms with Crippen LogP contribution >= 0.6 is 0 Å². The molecule has 2 N–H and O–H groups in total. The van der Waals surface area contributed by atoms with Gasteiger partial charge < -0.3 is 20.1 Å². The molecule has 0 bridgehead atoms. The van der Waals surface area contributed by atoms with Crippen LogP contribution < -0.4 is 5.32 Å². The average Bonchev–Trinajstić information content (AvgIpc) is 2.45. The molecule has 1 rings (SSSR count). The molecule has 2 atom stereocenters. The lowest BCUT2D eigenvalue weighted by molar-refractivity contribution is 0.0414. The van der Waals surface area contributed by atoms with Crippen LogP contribution in [0.4, 0.5) is 0 Å². The van der Waals surface area contributed by atoms with Gasteiger partial charge in [-0.1, -0.05) is 6.92 Å². The second-order valence-corrected chi connectivity index (χ2v) is 5.99. The fraction of sp³-hybridized carbons (Fsp3) is 1.00. The number of nitrogens with one attached hydrogen (secondary N) is 1. The molecular formula is C15H32N2O2. The van der Waals surface area contributed by atoms with Gasteiger partial charge in [-0.15, -0.1) is 0 Å². The average molecular weight is 272 g/mol. The molecule has 0 amide bonds. The van der Waals surface area contributed by atoms with Crippen LogP contribution in [0.1, 0.15) is 39.0 Å². The molecule has 1 aliphatic heterocycles. The summed E-state index contributed by atoms with van der Waals surface area (Å²) in [7, 11) is 4.14. The van der Waals surface area contributed by atoms with Crippen LogP contribution in [0, 0.1) is 5.92 Å². The maximum atomic E-state index is 9.51. The van der Waals surface area contributed by atoms with Crippen molar-refractivity contribution in [2.24, 2.45) is 5.92 Å². The Kier molecular flexibility index (Phi) is 7.91. The normalized spacial score (nSPS) is 23.5. The molecular weight excluding hydrogens is 240 g/mol. The van der Waals surface area contributed by atoms with Crippen molar-refractivity contribution in [1.29, 1.82) is 0 Å². The summed E-state index contributed by atoms with van der Waals surface area (Å²) in [5.41, 5.74) is -0.0885. The first kappa shape index (κ1) is 16.9. The second kappa shape index (κ2) is 8.90. The largest absolute Gasteiger partial charge is 0.394 e. The monoisotopic (exact) mass is 272 g/mol. The van der Waals surface area contributed by atoms with Crippen LogP contribution in [0.25, 0.3) is 0 Å². The molecule has 0 aliphatic carbocycles. The summed E-state index contributed by atoms with van der Waals surface area (Å²) < 4.78 is 5.52. The van der Waals surface area contributed by atoms with Crippen LogP contribution in [0.5, 0.6) is 0 Å². The van der Waals surface area contributed by atoms with Crippen molar-refractivity contribution in [3.8, 4) is 0 Å². The fourth-order valence-electron chi connectivity index (χ4n) is 2.92. The molecule has 0 aromatic heterocycles. The molecule has 0 radical (unpaired) electrons. The third kappa shape index (κ3) is 5.78. The number of aliphatic hydroxyl groups is 1. The number of hydrogen-bond acceptors (Lipinski definition) is 4. The highest BCUT2D eigenvalue weighted by molar-refractivity contribution is 4.84. The molecule has 19 heavy (non-hydrogen) atoms. The van der Waals surface area contributed by atoms with E-state index in [1.807, 2.05) is 7.05 Å². The molecule has 0 aromatic rings. The third-order valence-corrected chi connectivity index (χ3v) is 4.53. The Hall–Kier alpha value is -0.160. The van der Waals surface area contributed by atoms with E-state index in [1.54, 1.807) is 0 Å². The van der Waals surface area contributed by atoms with Crippen molar-refractivity contribution >= 4 is 0 Å². The van der Waals surface area contributed by atoms with E-state index in [0.717, 1.165) is 45.6 Å². The molecule has 0 spiro atoms. The van der Waals surface area contributed by atoms with Crippen molar-refractivity contribution in [3.63, 3.8) is 0 Å². The minimum Gasteiger partial charge on any atom is -0.394 e. The van der Waals surface area contributed by atoms with Crippen LogP contribution in [-0.2, 0) is 4.74 Å². The molecule has 1 saturated heterocycles. The Morgan fingerprint density at radius 1 is 1.47 bits per heavy atom. The quantitative estimate of drug-likeness (QED) is 0.667. The van der Waals surface area contributed by atoms with Gasteiger partial charge in [0, 0.05) is 18.7 Å². The first-order valence-corrected chi connectivity index (χ1v) is 7.72. The van der Waals surface area contributed by atoms with E-state index in [-0.39, 0.29) is 12.1 Å². The molecule has 4 nitrogen and oxygen atoms in total. The highest BCUT2D eigenvalue weighted by Gasteiger charge is 2.24. The van der Waals surface area contributed by atoms with Gasteiger partial charge in [-0.3, -0.25) is 0 Å². The molecule has 2 unspecified atom stereocenters. The highest BCUT2D eigenvalue weighted by atomic mass is 16.5. The number of aliphatic hydroxyl groups excluding tert-OH is 1. The number of likely N-dealkylation sites (N-methyl/N-ethyl adjacent to an activating group) is 1. The summed E-state index contributed by atoms with van der Waals surface area (Å²) in [6, 6.07) is 0. The zero-order chi connectivity index (χ0) is 14.1. The number of ether oxygens (including phenoxy) is 1. The first-order chi connectivity index (χ1) is 9.15. The standard InChI is InChI=1S/C15H32N2O2/c1-4-15(13-18,16-2)8-6-9-17(3)11-14-7-5-10-19-12-14/h14,16,18H,4-13H2,1-3H3. The second-order valence-electron chi connectivity index (χ2n) is 5.99. The Balaban J connectivity index is 2.20. The van der Waals surface area contributed by atoms with Crippen molar-refractivity contribution in [3.05, 3.63) is 0 Å². The zero-order valence-corrected chi connectivity index (χ0v) is 13.0. The molecule has 1 aliphatic rings. The first-order valence-electron chi connectivity index (χ1n) is 7.72. The lowest BCUT2D eigenvalue weighted by Crippen LogP contribution is -2.46. The van der Waals surface area contributed by atoms with Crippen molar-refractivity contribution < 1.29 is 9.84 Å². The summed E-state index contributed by atoms with van der Waals surface area (Å²) >= 11 is 0. The van der Waals surface area contributed by atoms with E-state index in [0.29, 0.717) is 5.92 Å². The van der Waals surface area contributed by atoms with Gasteiger partial charge >= 0.3 is 0 Å². The Bertz CT molecular complexity index is 218. The van der Waals surface area contributed by atoms with Gasteiger partial charge in [-0.2, -0.15) is 0 Å². The van der Waals surface area contributed by atoms with Crippen LogP contribution in [-0.4, -0.2) is 62.6 Å². The third-order valence-electron chi connectivity index (χ3n) is 4.53. The predicted molar refractivity (Wildman–Crippen MR) is 79.4 cm³/mol. The fourth-order valence-corrected chi connectivity index (χ4v) is 2.92. The summed E-state index contributed by atoms with van der Waals surface area (Å²) in [5, 5.41) is 12.8. The van der Waals surface area contributed by atoms with Gasteiger partial charge in [0.05, 0.1) is 13.2 Å². The van der Waals surface area contributed by atoms with Crippen LogP contribution in [0.2, 0.25) is 0 Å². The topological polar surface area (TPSA) is 44.7 Å². The lowest BCUT2D eigenvalue weighted by atomic mass is 9.91. The van der Waals surface area contributed by atoms with Crippen LogP contribution in [0.3, 0.4) is 0 Å². The van der Waals surface area contributed by atoms with Crippen molar-refractivity contribution in [2.45, 2.75) is 44.6 Å². The Morgan fingerprint density at radius 3 is 2.79 bits per heavy atom. The summed E-state index contributed by atoms with van der Waals surface area (Å²) in [6.07, 6.45) is 5.64. The highest BCUT2D eigenvalue weighted by Crippen LogP contribution is 2.18. The van der Waals surface area contributed by atoms with Gasteiger partial charge in [-0.05, 0) is 58.7 Å². The van der Waals surface area contributed by atoms with Crippen molar-refractivity contribution in [2.75, 3.05) is 47.0 Å².